The third kappa shape index (κ3) is 2.93. The van der Waals surface area contributed by atoms with E-state index in [-0.39, 0.29) is 0 Å². The van der Waals surface area contributed by atoms with Crippen molar-refractivity contribution >= 4 is 0 Å². The van der Waals surface area contributed by atoms with E-state index in [0.717, 1.165) is 6.04 Å². The van der Waals surface area contributed by atoms with E-state index in [2.05, 4.69) is 15.5 Å². The highest BCUT2D eigenvalue weighted by atomic mass is 15.2. The lowest BCUT2D eigenvalue weighted by molar-refractivity contribution is 0.230. The molecule has 0 aromatic heterocycles. The highest BCUT2D eigenvalue weighted by molar-refractivity contribution is 4.76. The Hall–Kier alpha value is -0.120. The summed E-state index contributed by atoms with van der Waals surface area (Å²) in [5.74, 6) is 0. The Morgan fingerprint density at radius 3 is 2.69 bits per heavy atom. The number of hydrogen-bond acceptors (Lipinski definition) is 3. The van der Waals surface area contributed by atoms with Gasteiger partial charge in [-0.25, -0.2) is 0 Å². The summed E-state index contributed by atoms with van der Waals surface area (Å²) in [6, 6.07) is 0.815. The van der Waals surface area contributed by atoms with E-state index in [9.17, 15) is 0 Å². The summed E-state index contributed by atoms with van der Waals surface area (Å²) in [6.07, 6.45) is 4.12. The van der Waals surface area contributed by atoms with Crippen LogP contribution in [0.4, 0.5) is 0 Å². The van der Waals surface area contributed by atoms with Gasteiger partial charge in [0.1, 0.15) is 0 Å². The first kappa shape index (κ1) is 9.44. The molecular formula is C10H21N3. The molecule has 2 aliphatic rings. The van der Waals surface area contributed by atoms with Gasteiger partial charge in [-0.15, -0.1) is 0 Å². The molecular weight excluding hydrogens is 162 g/mol. The van der Waals surface area contributed by atoms with E-state index < -0.39 is 0 Å². The number of piperazine rings is 1. The summed E-state index contributed by atoms with van der Waals surface area (Å²) < 4.78 is 0. The van der Waals surface area contributed by atoms with Gasteiger partial charge >= 0.3 is 0 Å². The Balaban J connectivity index is 1.60. The maximum atomic E-state index is 3.55. The smallest absolute Gasteiger partial charge is 0.0107 e. The van der Waals surface area contributed by atoms with E-state index in [4.69, 9.17) is 0 Å². The van der Waals surface area contributed by atoms with Gasteiger partial charge < -0.3 is 15.5 Å². The zero-order chi connectivity index (χ0) is 8.93. The summed E-state index contributed by atoms with van der Waals surface area (Å²) in [5.41, 5.74) is 0. The van der Waals surface area contributed by atoms with Crippen LogP contribution < -0.4 is 10.6 Å². The van der Waals surface area contributed by atoms with Gasteiger partial charge in [0.25, 0.3) is 0 Å². The Morgan fingerprint density at radius 1 is 1.15 bits per heavy atom. The van der Waals surface area contributed by atoms with Crippen LogP contribution in [-0.2, 0) is 0 Å². The van der Waals surface area contributed by atoms with Crippen molar-refractivity contribution < 1.29 is 0 Å². The third-order valence-electron chi connectivity index (χ3n) is 3.17. The van der Waals surface area contributed by atoms with Gasteiger partial charge in [-0.05, 0) is 32.4 Å². The van der Waals surface area contributed by atoms with Crippen molar-refractivity contribution in [3.05, 3.63) is 0 Å². The van der Waals surface area contributed by atoms with Gasteiger partial charge in [-0.3, -0.25) is 0 Å². The predicted molar refractivity (Wildman–Crippen MR) is 55.0 cm³/mol. The Kier molecular flexibility index (Phi) is 3.58. The molecule has 0 aliphatic carbocycles. The molecule has 0 saturated carbocycles. The van der Waals surface area contributed by atoms with Crippen molar-refractivity contribution in [1.82, 2.24) is 15.5 Å². The van der Waals surface area contributed by atoms with Crippen LogP contribution >= 0.6 is 0 Å². The summed E-state index contributed by atoms with van der Waals surface area (Å²) in [6.45, 7) is 7.38. The van der Waals surface area contributed by atoms with Crippen molar-refractivity contribution in [3.63, 3.8) is 0 Å². The van der Waals surface area contributed by atoms with Crippen molar-refractivity contribution in [2.45, 2.75) is 25.3 Å². The lowest BCUT2D eigenvalue weighted by Crippen LogP contribution is -2.44. The van der Waals surface area contributed by atoms with E-state index in [1.165, 1.54) is 58.5 Å². The number of nitrogens with one attached hydrogen (secondary N) is 2. The van der Waals surface area contributed by atoms with Gasteiger partial charge in [0.05, 0.1) is 0 Å². The minimum absolute atomic E-state index is 0.815. The van der Waals surface area contributed by atoms with Gasteiger partial charge in [0, 0.05) is 32.2 Å². The summed E-state index contributed by atoms with van der Waals surface area (Å²) in [7, 11) is 0. The SMILES string of the molecule is C1CNC(CCN2CCNCC2)C1. The minimum Gasteiger partial charge on any atom is -0.314 e. The molecule has 2 aliphatic heterocycles. The van der Waals surface area contributed by atoms with Crippen LogP contribution in [-0.4, -0.2) is 50.2 Å². The zero-order valence-electron chi connectivity index (χ0n) is 8.39. The van der Waals surface area contributed by atoms with Crippen LogP contribution in [0.3, 0.4) is 0 Å². The maximum Gasteiger partial charge on any atom is 0.0107 e. The first-order valence-corrected chi connectivity index (χ1v) is 5.61. The van der Waals surface area contributed by atoms with Crippen molar-refractivity contribution in [2.75, 3.05) is 39.3 Å². The second kappa shape index (κ2) is 4.94. The molecule has 0 aromatic carbocycles. The van der Waals surface area contributed by atoms with Crippen LogP contribution in [0.1, 0.15) is 19.3 Å². The third-order valence-corrected chi connectivity index (χ3v) is 3.17. The van der Waals surface area contributed by atoms with E-state index in [0.29, 0.717) is 0 Å². The van der Waals surface area contributed by atoms with Crippen LogP contribution in [0.15, 0.2) is 0 Å². The largest absolute Gasteiger partial charge is 0.314 e. The molecule has 3 heteroatoms. The molecule has 2 saturated heterocycles. The molecule has 1 unspecified atom stereocenters. The average Bonchev–Trinajstić information content (AvgIpc) is 2.69. The molecule has 2 fully saturated rings. The fraction of sp³-hybridized carbons (Fsp3) is 1.00. The minimum atomic E-state index is 0.815. The van der Waals surface area contributed by atoms with E-state index in [1.54, 1.807) is 0 Å². The maximum absolute atomic E-state index is 3.55. The Bertz CT molecular complexity index is 137. The average molecular weight is 183 g/mol. The van der Waals surface area contributed by atoms with Crippen LogP contribution in [0.5, 0.6) is 0 Å². The number of rotatable bonds is 3. The quantitative estimate of drug-likeness (QED) is 0.646. The second-order valence-electron chi connectivity index (χ2n) is 4.17. The highest BCUT2D eigenvalue weighted by Crippen LogP contribution is 2.09. The highest BCUT2D eigenvalue weighted by Gasteiger charge is 2.16. The van der Waals surface area contributed by atoms with E-state index >= 15 is 0 Å². The summed E-state index contributed by atoms with van der Waals surface area (Å²) in [4.78, 5) is 2.58. The lowest BCUT2D eigenvalue weighted by atomic mass is 10.1. The molecule has 0 radical (unpaired) electrons. The fourth-order valence-electron chi connectivity index (χ4n) is 2.28. The standard InChI is InChI=1S/C10H21N3/c1-2-10(12-4-1)3-7-13-8-5-11-6-9-13/h10-12H,1-9H2. The van der Waals surface area contributed by atoms with E-state index in [1.807, 2.05) is 0 Å². The Labute approximate surface area is 80.9 Å². The molecule has 76 valence electrons. The van der Waals surface area contributed by atoms with Gasteiger partial charge in [0.2, 0.25) is 0 Å². The van der Waals surface area contributed by atoms with Crippen LogP contribution in [0.25, 0.3) is 0 Å². The first-order valence-electron chi connectivity index (χ1n) is 5.61. The summed E-state index contributed by atoms with van der Waals surface area (Å²) in [5, 5.41) is 6.94. The van der Waals surface area contributed by atoms with Crippen LogP contribution in [0, 0.1) is 0 Å². The molecule has 2 rings (SSSR count). The molecule has 2 N–H and O–H groups in total. The predicted octanol–water partition coefficient (Wildman–Crippen LogP) is 0.0337. The van der Waals surface area contributed by atoms with Gasteiger partial charge in [-0.2, -0.15) is 0 Å². The normalized spacial score (nSPS) is 30.9. The van der Waals surface area contributed by atoms with Gasteiger partial charge in [0.15, 0.2) is 0 Å². The fourth-order valence-corrected chi connectivity index (χ4v) is 2.28. The van der Waals surface area contributed by atoms with Gasteiger partial charge in [-0.1, -0.05) is 0 Å². The van der Waals surface area contributed by atoms with Crippen molar-refractivity contribution in [1.29, 1.82) is 0 Å². The molecule has 13 heavy (non-hydrogen) atoms. The molecule has 0 amide bonds. The molecule has 0 spiro atoms. The molecule has 3 nitrogen and oxygen atoms in total. The molecule has 1 atom stereocenters. The molecule has 0 aromatic rings. The number of nitrogens with zero attached hydrogens (tertiary/aromatic N) is 1. The number of hydrogen-bond donors (Lipinski definition) is 2. The Morgan fingerprint density at radius 2 is 2.00 bits per heavy atom. The molecule has 2 heterocycles. The lowest BCUT2D eigenvalue weighted by Gasteiger charge is -2.28. The topological polar surface area (TPSA) is 27.3 Å². The van der Waals surface area contributed by atoms with Crippen molar-refractivity contribution in [3.8, 4) is 0 Å². The summed E-state index contributed by atoms with van der Waals surface area (Å²) >= 11 is 0. The van der Waals surface area contributed by atoms with Crippen molar-refractivity contribution in [2.24, 2.45) is 0 Å². The zero-order valence-corrected chi connectivity index (χ0v) is 8.39. The van der Waals surface area contributed by atoms with Crippen LogP contribution in [0.2, 0.25) is 0 Å². The monoisotopic (exact) mass is 183 g/mol. The first-order chi connectivity index (χ1) is 6.45. The second-order valence-corrected chi connectivity index (χ2v) is 4.17. The molecule has 0 bridgehead atoms.